The maximum atomic E-state index is 11.8. The molecule has 3 N–H and O–H groups in total. The number of likely N-dealkylation sites (N-methyl/N-ethyl adjacent to an activating group) is 1. The molecule has 17 heavy (non-hydrogen) atoms. The largest absolute Gasteiger partial charge is 0.480 e. The predicted molar refractivity (Wildman–Crippen MR) is 59.4 cm³/mol. The van der Waals surface area contributed by atoms with Crippen LogP contribution in [0, 0.1) is 0 Å². The molecule has 1 rings (SSSR count). The van der Waals surface area contributed by atoms with E-state index in [0.717, 1.165) is 0 Å². The minimum atomic E-state index is -1.17. The summed E-state index contributed by atoms with van der Waals surface area (Å²) in [7, 11) is 1.46. The van der Waals surface area contributed by atoms with E-state index in [1.54, 1.807) is 0 Å². The Morgan fingerprint density at radius 1 is 1.41 bits per heavy atom. The average molecular weight is 243 g/mol. The molecule has 7 heteroatoms. The molecule has 0 aliphatic carbocycles. The molecule has 3 amide bonds. The van der Waals surface area contributed by atoms with Crippen LogP contribution in [0.5, 0.6) is 0 Å². The molecule has 0 spiro atoms. The van der Waals surface area contributed by atoms with E-state index in [-0.39, 0.29) is 12.5 Å². The first kappa shape index (κ1) is 13.3. The number of carbonyl (C=O) groups is 3. The number of hydrogen-bond acceptors (Lipinski definition) is 3. The minimum absolute atomic E-state index is 0.151. The third kappa shape index (κ3) is 2.66. The van der Waals surface area contributed by atoms with Gasteiger partial charge in [-0.1, -0.05) is 0 Å². The van der Waals surface area contributed by atoms with Crippen LogP contribution in [-0.2, 0) is 9.59 Å². The van der Waals surface area contributed by atoms with Gasteiger partial charge < -0.3 is 20.6 Å². The smallest absolute Gasteiger partial charge is 0.329 e. The second kappa shape index (κ2) is 5.03. The average Bonchev–Trinajstić information content (AvgIpc) is 2.69. The van der Waals surface area contributed by atoms with Crippen molar-refractivity contribution in [3.63, 3.8) is 0 Å². The number of amides is 3. The van der Waals surface area contributed by atoms with Crippen LogP contribution in [0.1, 0.15) is 19.8 Å². The van der Waals surface area contributed by atoms with Gasteiger partial charge in [-0.15, -0.1) is 0 Å². The zero-order valence-electron chi connectivity index (χ0n) is 9.95. The number of hydrogen-bond donors (Lipinski definition) is 3. The van der Waals surface area contributed by atoms with Crippen molar-refractivity contribution in [2.75, 3.05) is 20.1 Å². The van der Waals surface area contributed by atoms with E-state index in [1.165, 1.54) is 18.9 Å². The molecular weight excluding hydrogens is 226 g/mol. The normalized spacial score (nSPS) is 23.3. The summed E-state index contributed by atoms with van der Waals surface area (Å²) in [6, 6.07) is -0.518. The molecule has 1 fully saturated rings. The van der Waals surface area contributed by atoms with Gasteiger partial charge in [-0.25, -0.2) is 9.59 Å². The van der Waals surface area contributed by atoms with Crippen molar-refractivity contribution >= 4 is 17.9 Å². The number of carboxylic acid groups (broad SMARTS) is 1. The van der Waals surface area contributed by atoms with E-state index in [2.05, 4.69) is 10.6 Å². The monoisotopic (exact) mass is 243 g/mol. The summed E-state index contributed by atoms with van der Waals surface area (Å²) in [5, 5.41) is 13.9. The Hall–Kier alpha value is -1.79. The molecule has 96 valence electrons. The maximum absolute atomic E-state index is 11.8. The Kier molecular flexibility index (Phi) is 3.93. The topological polar surface area (TPSA) is 98.7 Å². The SMILES string of the molecule is CNC(=O)CNC(=O)N1CCCC1(C)C(=O)O. The fourth-order valence-electron chi connectivity index (χ4n) is 1.85. The summed E-state index contributed by atoms with van der Waals surface area (Å²) in [5.74, 6) is -1.35. The van der Waals surface area contributed by atoms with E-state index >= 15 is 0 Å². The van der Waals surface area contributed by atoms with Crippen LogP contribution >= 0.6 is 0 Å². The molecule has 7 nitrogen and oxygen atoms in total. The molecular formula is C10H17N3O4. The number of aliphatic carboxylic acids is 1. The van der Waals surface area contributed by atoms with E-state index in [1.807, 2.05) is 0 Å². The van der Waals surface area contributed by atoms with Crippen molar-refractivity contribution < 1.29 is 19.5 Å². The second-order valence-electron chi connectivity index (χ2n) is 4.17. The highest BCUT2D eigenvalue weighted by Gasteiger charge is 2.45. The van der Waals surface area contributed by atoms with Crippen molar-refractivity contribution in [2.45, 2.75) is 25.3 Å². The van der Waals surface area contributed by atoms with Crippen LogP contribution in [0.4, 0.5) is 4.79 Å². The van der Waals surface area contributed by atoms with Crippen molar-refractivity contribution in [1.82, 2.24) is 15.5 Å². The van der Waals surface area contributed by atoms with Gasteiger partial charge in [0.15, 0.2) is 0 Å². The molecule has 1 heterocycles. The van der Waals surface area contributed by atoms with Crippen molar-refractivity contribution in [3.05, 3.63) is 0 Å². The van der Waals surface area contributed by atoms with E-state index < -0.39 is 17.5 Å². The van der Waals surface area contributed by atoms with Gasteiger partial charge in [-0.2, -0.15) is 0 Å². The van der Waals surface area contributed by atoms with Gasteiger partial charge in [0.05, 0.1) is 6.54 Å². The van der Waals surface area contributed by atoms with Crippen molar-refractivity contribution in [3.8, 4) is 0 Å². The number of carbonyl (C=O) groups excluding carboxylic acids is 2. The highest BCUT2D eigenvalue weighted by atomic mass is 16.4. The van der Waals surface area contributed by atoms with Gasteiger partial charge in [0, 0.05) is 13.6 Å². The van der Waals surface area contributed by atoms with Gasteiger partial charge in [-0.05, 0) is 19.8 Å². The Labute approximate surface area is 99.2 Å². The summed E-state index contributed by atoms with van der Waals surface area (Å²) >= 11 is 0. The fraction of sp³-hybridized carbons (Fsp3) is 0.700. The molecule has 1 atom stereocenters. The van der Waals surface area contributed by atoms with Gasteiger partial charge >= 0.3 is 12.0 Å². The number of urea groups is 1. The molecule has 0 aromatic heterocycles. The predicted octanol–water partition coefficient (Wildman–Crippen LogP) is -0.619. The molecule has 0 aromatic rings. The highest BCUT2D eigenvalue weighted by molar-refractivity contribution is 5.88. The number of carboxylic acids is 1. The number of nitrogens with one attached hydrogen (secondary N) is 2. The van der Waals surface area contributed by atoms with Gasteiger partial charge in [0.1, 0.15) is 5.54 Å². The fourth-order valence-corrected chi connectivity index (χ4v) is 1.85. The summed E-state index contributed by atoms with van der Waals surface area (Å²) in [4.78, 5) is 35.1. The van der Waals surface area contributed by atoms with Crippen molar-refractivity contribution in [2.24, 2.45) is 0 Å². The first-order valence-corrected chi connectivity index (χ1v) is 5.41. The molecule has 0 saturated carbocycles. The Bertz CT molecular complexity index is 344. The lowest BCUT2D eigenvalue weighted by molar-refractivity contribution is -0.147. The van der Waals surface area contributed by atoms with Crippen LogP contribution in [0.2, 0.25) is 0 Å². The van der Waals surface area contributed by atoms with Crippen LogP contribution < -0.4 is 10.6 Å². The Morgan fingerprint density at radius 2 is 2.06 bits per heavy atom. The zero-order chi connectivity index (χ0) is 13.1. The van der Waals surface area contributed by atoms with Crippen LogP contribution in [-0.4, -0.2) is 53.6 Å². The standard InChI is InChI=1S/C10H17N3O4/c1-10(8(15)16)4-3-5-13(10)9(17)12-6-7(14)11-2/h3-6H2,1-2H3,(H,11,14)(H,12,17)(H,15,16). The highest BCUT2D eigenvalue weighted by Crippen LogP contribution is 2.28. The molecule has 0 radical (unpaired) electrons. The number of rotatable bonds is 3. The second-order valence-corrected chi connectivity index (χ2v) is 4.17. The van der Waals surface area contributed by atoms with E-state index in [4.69, 9.17) is 5.11 Å². The molecule has 1 unspecified atom stereocenters. The van der Waals surface area contributed by atoms with Gasteiger partial charge in [0.2, 0.25) is 5.91 Å². The minimum Gasteiger partial charge on any atom is -0.480 e. The summed E-state index contributed by atoms with van der Waals surface area (Å²) in [6.07, 6.45) is 1.08. The van der Waals surface area contributed by atoms with E-state index in [9.17, 15) is 14.4 Å². The first-order chi connectivity index (χ1) is 7.91. The van der Waals surface area contributed by atoms with Crippen LogP contribution in [0.15, 0.2) is 0 Å². The lowest BCUT2D eigenvalue weighted by atomic mass is 10.00. The summed E-state index contributed by atoms with van der Waals surface area (Å²) in [6.45, 7) is 1.76. The Morgan fingerprint density at radius 3 is 2.59 bits per heavy atom. The Balaban J connectivity index is 2.63. The maximum Gasteiger partial charge on any atom is 0.329 e. The zero-order valence-corrected chi connectivity index (χ0v) is 9.95. The molecule has 1 saturated heterocycles. The van der Waals surface area contributed by atoms with Crippen LogP contribution in [0.25, 0.3) is 0 Å². The van der Waals surface area contributed by atoms with Crippen LogP contribution in [0.3, 0.4) is 0 Å². The third-order valence-corrected chi connectivity index (χ3v) is 3.03. The number of nitrogens with zero attached hydrogens (tertiary/aromatic N) is 1. The molecule has 1 aliphatic rings. The summed E-state index contributed by atoms with van der Waals surface area (Å²) < 4.78 is 0. The number of likely N-dealkylation sites (tertiary alicyclic amines) is 1. The van der Waals surface area contributed by atoms with E-state index in [0.29, 0.717) is 19.4 Å². The molecule has 0 aromatic carbocycles. The van der Waals surface area contributed by atoms with Gasteiger partial charge in [-0.3, -0.25) is 4.79 Å². The van der Waals surface area contributed by atoms with Crippen molar-refractivity contribution in [1.29, 1.82) is 0 Å². The lowest BCUT2D eigenvalue weighted by Crippen LogP contribution is -2.55. The lowest BCUT2D eigenvalue weighted by Gasteiger charge is -2.31. The molecule has 1 aliphatic heterocycles. The quantitative estimate of drug-likeness (QED) is 0.615. The third-order valence-electron chi connectivity index (χ3n) is 3.03. The molecule has 0 bridgehead atoms. The summed E-state index contributed by atoms with van der Waals surface area (Å²) in [5.41, 5.74) is -1.17. The van der Waals surface area contributed by atoms with Gasteiger partial charge in [0.25, 0.3) is 0 Å². The first-order valence-electron chi connectivity index (χ1n) is 5.41.